The molecule has 216 valence electrons. The molecular formula is C27H20F3N5O7. The quantitative estimate of drug-likeness (QED) is 0.101. The van der Waals surface area contributed by atoms with Crippen LogP contribution in [0.3, 0.4) is 0 Å². The number of hydrogen-bond donors (Lipinski definition) is 0. The number of aromatic nitrogens is 4. The van der Waals surface area contributed by atoms with Gasteiger partial charge in [0.2, 0.25) is 0 Å². The van der Waals surface area contributed by atoms with Crippen LogP contribution in [0.2, 0.25) is 0 Å². The third kappa shape index (κ3) is 5.23. The molecule has 0 aliphatic heterocycles. The van der Waals surface area contributed by atoms with Crippen molar-refractivity contribution in [3.63, 3.8) is 0 Å². The number of carbonyl (C=O) groups is 1. The molecule has 2 aromatic carbocycles. The maximum atomic E-state index is 14.4. The SMILES string of the molecule is CC[C@](OC(=O)c1ccc([N+](=O)[O-])cc1)(c1cn(Cc2ccc3c(-c4cc(C)on4)cc(=O)oc3c2)nn1)C(F)(F)F. The average molecular weight is 583 g/mol. The number of hydrogen-bond acceptors (Lipinski definition) is 10. The van der Waals surface area contributed by atoms with E-state index in [2.05, 4.69) is 15.5 Å². The lowest BCUT2D eigenvalue weighted by atomic mass is 9.95. The maximum absolute atomic E-state index is 14.4. The van der Waals surface area contributed by atoms with Gasteiger partial charge in [0.1, 0.15) is 22.7 Å². The van der Waals surface area contributed by atoms with Gasteiger partial charge in [-0.1, -0.05) is 29.4 Å². The highest BCUT2D eigenvalue weighted by Crippen LogP contribution is 2.44. The van der Waals surface area contributed by atoms with Crippen LogP contribution in [-0.4, -0.2) is 37.2 Å². The van der Waals surface area contributed by atoms with E-state index in [1.807, 2.05) is 0 Å². The molecule has 0 radical (unpaired) electrons. The summed E-state index contributed by atoms with van der Waals surface area (Å²) in [4.78, 5) is 35.1. The van der Waals surface area contributed by atoms with Crippen molar-refractivity contribution in [1.29, 1.82) is 0 Å². The summed E-state index contributed by atoms with van der Waals surface area (Å²) >= 11 is 0. The molecule has 42 heavy (non-hydrogen) atoms. The van der Waals surface area contributed by atoms with Gasteiger partial charge in [0, 0.05) is 35.2 Å². The van der Waals surface area contributed by atoms with E-state index >= 15 is 0 Å². The second-order valence-electron chi connectivity index (χ2n) is 9.31. The van der Waals surface area contributed by atoms with Crippen molar-refractivity contribution in [3.05, 3.63) is 104 Å². The fourth-order valence-corrected chi connectivity index (χ4v) is 4.40. The van der Waals surface area contributed by atoms with Crippen molar-refractivity contribution in [1.82, 2.24) is 20.2 Å². The Hall–Kier alpha value is -5.34. The number of nitrogens with zero attached hydrogens (tertiary/aromatic N) is 5. The van der Waals surface area contributed by atoms with Gasteiger partial charge in [-0.25, -0.2) is 14.3 Å². The molecule has 1 atom stereocenters. The van der Waals surface area contributed by atoms with Crippen molar-refractivity contribution in [3.8, 4) is 11.3 Å². The summed E-state index contributed by atoms with van der Waals surface area (Å²) < 4.78 is 59.9. The molecule has 15 heteroatoms. The van der Waals surface area contributed by atoms with Crippen LogP contribution >= 0.6 is 0 Å². The van der Waals surface area contributed by atoms with E-state index in [4.69, 9.17) is 13.7 Å². The van der Waals surface area contributed by atoms with Gasteiger partial charge < -0.3 is 13.7 Å². The largest absolute Gasteiger partial charge is 0.439 e. The molecule has 5 aromatic rings. The fourth-order valence-electron chi connectivity index (χ4n) is 4.40. The monoisotopic (exact) mass is 583 g/mol. The highest BCUT2D eigenvalue weighted by molar-refractivity contribution is 5.92. The molecule has 0 saturated carbocycles. The third-order valence-corrected chi connectivity index (χ3v) is 6.55. The van der Waals surface area contributed by atoms with Crippen LogP contribution in [0.5, 0.6) is 0 Å². The number of benzene rings is 2. The summed E-state index contributed by atoms with van der Waals surface area (Å²) in [6.45, 7) is 2.82. The Bertz CT molecular complexity index is 1860. The molecule has 3 aromatic heterocycles. The minimum absolute atomic E-state index is 0.0616. The van der Waals surface area contributed by atoms with Crippen molar-refractivity contribution in [2.45, 2.75) is 38.6 Å². The first kappa shape index (κ1) is 28.2. The zero-order chi connectivity index (χ0) is 30.2. The number of halogens is 3. The van der Waals surface area contributed by atoms with E-state index in [-0.39, 0.29) is 23.4 Å². The molecule has 0 aliphatic rings. The third-order valence-electron chi connectivity index (χ3n) is 6.55. The summed E-state index contributed by atoms with van der Waals surface area (Å²) in [5.74, 6) is -0.799. The van der Waals surface area contributed by atoms with Crippen LogP contribution in [0, 0.1) is 17.0 Å². The molecule has 0 spiro atoms. The molecule has 0 aliphatic carbocycles. The molecule has 5 rings (SSSR count). The first-order valence-corrected chi connectivity index (χ1v) is 12.4. The van der Waals surface area contributed by atoms with Crippen molar-refractivity contribution in [2.24, 2.45) is 0 Å². The van der Waals surface area contributed by atoms with Gasteiger partial charge in [0.25, 0.3) is 11.3 Å². The Labute approximate surface area is 233 Å². The normalized spacial score (nSPS) is 13.2. The minimum atomic E-state index is -5.08. The summed E-state index contributed by atoms with van der Waals surface area (Å²) in [5, 5.41) is 22.8. The molecule has 0 unspecified atom stereocenters. The van der Waals surface area contributed by atoms with E-state index in [0.717, 1.165) is 35.1 Å². The Balaban J connectivity index is 1.44. The Kier molecular flexibility index (Phi) is 7.10. The van der Waals surface area contributed by atoms with Gasteiger partial charge in [0.05, 0.1) is 23.2 Å². The van der Waals surface area contributed by atoms with Crippen LogP contribution in [0.1, 0.15) is 40.7 Å². The molecule has 3 heterocycles. The summed E-state index contributed by atoms with van der Waals surface area (Å²) in [6, 6.07) is 11.8. The first-order chi connectivity index (χ1) is 19.9. The number of rotatable bonds is 8. The molecule has 0 saturated heterocycles. The Morgan fingerprint density at radius 1 is 1.12 bits per heavy atom. The van der Waals surface area contributed by atoms with Crippen LogP contribution < -0.4 is 5.63 Å². The Morgan fingerprint density at radius 3 is 2.48 bits per heavy atom. The number of esters is 1. The predicted molar refractivity (Wildman–Crippen MR) is 138 cm³/mol. The Morgan fingerprint density at radius 2 is 1.86 bits per heavy atom. The van der Waals surface area contributed by atoms with Gasteiger partial charge >= 0.3 is 17.8 Å². The van der Waals surface area contributed by atoms with Crippen molar-refractivity contribution in [2.75, 3.05) is 0 Å². The second kappa shape index (κ2) is 10.6. The number of alkyl halides is 3. The van der Waals surface area contributed by atoms with Gasteiger partial charge in [-0.15, -0.1) is 5.10 Å². The number of ether oxygens (including phenoxy) is 1. The molecule has 12 nitrogen and oxygen atoms in total. The first-order valence-electron chi connectivity index (χ1n) is 12.4. The summed E-state index contributed by atoms with van der Waals surface area (Å²) in [7, 11) is 0. The lowest BCUT2D eigenvalue weighted by Crippen LogP contribution is -2.46. The molecule has 0 fully saturated rings. The van der Waals surface area contributed by atoms with Crippen molar-refractivity contribution < 1.29 is 36.6 Å². The molecular weight excluding hydrogens is 563 g/mol. The average Bonchev–Trinajstić information content (AvgIpc) is 3.59. The van der Waals surface area contributed by atoms with Crippen LogP contribution in [0.4, 0.5) is 18.9 Å². The van der Waals surface area contributed by atoms with Gasteiger partial charge in [-0.2, -0.15) is 13.2 Å². The maximum Gasteiger partial charge on any atom is 0.434 e. The van der Waals surface area contributed by atoms with Crippen LogP contribution in [0.15, 0.2) is 74.5 Å². The number of carbonyl (C=O) groups excluding carboxylic acids is 1. The number of non-ortho nitro benzene ring substituents is 1. The summed E-state index contributed by atoms with van der Waals surface area (Å²) in [6.07, 6.45) is -4.80. The zero-order valence-electron chi connectivity index (χ0n) is 21.9. The lowest BCUT2D eigenvalue weighted by molar-refractivity contribution is -0.384. The molecule has 0 N–H and O–H groups in total. The number of aryl methyl sites for hydroxylation is 1. The van der Waals surface area contributed by atoms with E-state index in [1.54, 1.807) is 31.2 Å². The highest BCUT2D eigenvalue weighted by Gasteiger charge is 2.60. The number of fused-ring (bicyclic) bond motifs is 1. The van der Waals surface area contributed by atoms with Crippen molar-refractivity contribution >= 4 is 22.6 Å². The van der Waals surface area contributed by atoms with Gasteiger partial charge in [0.15, 0.2) is 0 Å². The van der Waals surface area contributed by atoms with E-state index in [9.17, 15) is 32.9 Å². The minimum Gasteiger partial charge on any atom is -0.439 e. The summed E-state index contributed by atoms with van der Waals surface area (Å²) in [5.41, 5.74) is -3.44. The van der Waals surface area contributed by atoms with E-state index in [0.29, 0.717) is 28.0 Å². The standard InChI is InChI=1S/C27H20F3N5O7/c1-3-26(27(28,29)30,41-25(37)17-5-7-18(8-6-17)35(38)39)23-14-34(33-31-23)13-16-4-9-19-20(21-10-15(2)42-32-21)12-24(36)40-22(19)11-16/h4-12,14H,3,13H2,1-2H3/t26-/m0/s1. The molecule has 0 bridgehead atoms. The number of nitro benzene ring substituents is 1. The van der Waals surface area contributed by atoms with E-state index < -0.39 is 40.4 Å². The van der Waals surface area contributed by atoms with Crippen LogP contribution in [0.25, 0.3) is 22.2 Å². The fraction of sp³-hybridized carbons (Fsp3) is 0.222. The second-order valence-corrected chi connectivity index (χ2v) is 9.31. The van der Waals surface area contributed by atoms with Crippen LogP contribution in [-0.2, 0) is 16.9 Å². The zero-order valence-corrected chi connectivity index (χ0v) is 21.9. The number of nitro groups is 1. The van der Waals surface area contributed by atoms with Gasteiger partial charge in [-0.05, 0) is 37.1 Å². The lowest BCUT2D eigenvalue weighted by Gasteiger charge is -2.32. The topological polar surface area (TPSA) is 156 Å². The smallest absolute Gasteiger partial charge is 0.434 e. The van der Waals surface area contributed by atoms with Gasteiger partial charge in [-0.3, -0.25) is 10.1 Å². The predicted octanol–water partition coefficient (Wildman–Crippen LogP) is 5.33. The van der Waals surface area contributed by atoms with E-state index in [1.165, 1.54) is 13.0 Å². The molecule has 0 amide bonds. The highest BCUT2D eigenvalue weighted by atomic mass is 19.4.